The number of nitrogens with one attached hydrogen (secondary N) is 1. The number of nitrogens with zero attached hydrogens (tertiary/aromatic N) is 3. The van der Waals surface area contributed by atoms with Gasteiger partial charge in [0.2, 0.25) is 0 Å². The van der Waals surface area contributed by atoms with Gasteiger partial charge in [-0.15, -0.1) is 0 Å². The van der Waals surface area contributed by atoms with Crippen molar-refractivity contribution in [1.82, 2.24) is 20.1 Å². The van der Waals surface area contributed by atoms with E-state index in [2.05, 4.69) is 22.3 Å². The SMILES string of the molecule is C[C@@H](NCc1ncnn1C)c1ccc(Cl)cc1. The van der Waals surface area contributed by atoms with Gasteiger partial charge in [-0.05, 0) is 24.6 Å². The van der Waals surface area contributed by atoms with Crippen LogP contribution in [0.5, 0.6) is 0 Å². The van der Waals surface area contributed by atoms with Crippen molar-refractivity contribution < 1.29 is 0 Å². The predicted molar refractivity (Wildman–Crippen MR) is 67.7 cm³/mol. The van der Waals surface area contributed by atoms with Gasteiger partial charge in [-0.3, -0.25) is 4.68 Å². The summed E-state index contributed by atoms with van der Waals surface area (Å²) in [5, 5.41) is 8.18. The largest absolute Gasteiger partial charge is 0.303 e. The molecule has 0 radical (unpaired) electrons. The highest BCUT2D eigenvalue weighted by Gasteiger charge is 2.06. The van der Waals surface area contributed by atoms with Crippen LogP contribution >= 0.6 is 11.6 Å². The minimum atomic E-state index is 0.254. The minimum Gasteiger partial charge on any atom is -0.303 e. The lowest BCUT2D eigenvalue weighted by Gasteiger charge is -2.13. The normalized spacial score (nSPS) is 12.6. The zero-order valence-corrected chi connectivity index (χ0v) is 10.6. The molecular weight excluding hydrogens is 236 g/mol. The van der Waals surface area contributed by atoms with Crippen molar-refractivity contribution in [3.8, 4) is 0 Å². The van der Waals surface area contributed by atoms with Crippen molar-refractivity contribution in [1.29, 1.82) is 0 Å². The number of hydrogen-bond donors (Lipinski definition) is 1. The molecule has 1 N–H and O–H groups in total. The second kappa shape index (κ2) is 5.29. The first-order valence-electron chi connectivity index (χ1n) is 5.48. The third-order valence-electron chi connectivity index (χ3n) is 2.74. The fourth-order valence-corrected chi connectivity index (χ4v) is 1.72. The van der Waals surface area contributed by atoms with Gasteiger partial charge in [-0.2, -0.15) is 5.10 Å². The average molecular weight is 251 g/mol. The molecule has 1 aromatic heterocycles. The van der Waals surface area contributed by atoms with Crippen molar-refractivity contribution in [2.75, 3.05) is 0 Å². The van der Waals surface area contributed by atoms with E-state index in [1.165, 1.54) is 5.56 Å². The summed E-state index contributed by atoms with van der Waals surface area (Å²) in [5.41, 5.74) is 1.21. The van der Waals surface area contributed by atoms with E-state index in [0.29, 0.717) is 6.54 Å². The van der Waals surface area contributed by atoms with E-state index < -0.39 is 0 Å². The fraction of sp³-hybridized carbons (Fsp3) is 0.333. The third kappa shape index (κ3) is 3.05. The molecule has 0 aliphatic carbocycles. The molecule has 0 spiro atoms. The van der Waals surface area contributed by atoms with Gasteiger partial charge in [0.15, 0.2) is 0 Å². The molecule has 0 amide bonds. The van der Waals surface area contributed by atoms with Gasteiger partial charge in [0.1, 0.15) is 12.2 Å². The molecule has 2 aromatic rings. The first kappa shape index (κ1) is 12.1. The molecule has 0 bridgehead atoms. The Morgan fingerprint density at radius 2 is 2.06 bits per heavy atom. The second-order valence-corrected chi connectivity index (χ2v) is 4.39. The number of rotatable bonds is 4. The van der Waals surface area contributed by atoms with E-state index in [4.69, 9.17) is 11.6 Å². The number of aryl methyl sites for hydroxylation is 1. The maximum absolute atomic E-state index is 5.85. The lowest BCUT2D eigenvalue weighted by Crippen LogP contribution is -2.20. The average Bonchev–Trinajstić information content (AvgIpc) is 2.73. The quantitative estimate of drug-likeness (QED) is 0.906. The Labute approximate surface area is 106 Å². The smallest absolute Gasteiger partial charge is 0.140 e. The molecule has 0 saturated carbocycles. The monoisotopic (exact) mass is 250 g/mol. The molecule has 0 aliphatic rings. The number of halogens is 1. The standard InChI is InChI=1S/C12H15ClN4/c1-9(10-3-5-11(13)6-4-10)14-7-12-15-8-16-17(12)2/h3-6,8-9,14H,7H2,1-2H3/t9-/m1/s1. The second-order valence-electron chi connectivity index (χ2n) is 3.95. The zero-order chi connectivity index (χ0) is 12.3. The Morgan fingerprint density at radius 3 is 2.65 bits per heavy atom. The van der Waals surface area contributed by atoms with Gasteiger partial charge in [0.05, 0.1) is 6.54 Å². The van der Waals surface area contributed by atoms with Gasteiger partial charge in [0.25, 0.3) is 0 Å². The van der Waals surface area contributed by atoms with Crippen molar-refractivity contribution in [3.63, 3.8) is 0 Å². The summed E-state index contributed by atoms with van der Waals surface area (Å²) in [5.74, 6) is 0.922. The van der Waals surface area contributed by atoms with E-state index in [9.17, 15) is 0 Å². The predicted octanol–water partition coefficient (Wildman–Crippen LogP) is 2.32. The number of aromatic nitrogens is 3. The van der Waals surface area contributed by atoms with Crippen molar-refractivity contribution in [3.05, 3.63) is 47.0 Å². The lowest BCUT2D eigenvalue weighted by molar-refractivity contribution is 0.540. The van der Waals surface area contributed by atoms with E-state index in [-0.39, 0.29) is 6.04 Å². The molecule has 90 valence electrons. The summed E-state index contributed by atoms with van der Waals surface area (Å²) >= 11 is 5.85. The molecule has 1 heterocycles. The number of benzene rings is 1. The highest BCUT2D eigenvalue weighted by Crippen LogP contribution is 2.16. The summed E-state index contributed by atoms with van der Waals surface area (Å²) in [4.78, 5) is 4.16. The zero-order valence-electron chi connectivity index (χ0n) is 9.89. The van der Waals surface area contributed by atoms with Crippen LogP contribution in [0.4, 0.5) is 0 Å². The molecule has 0 aliphatic heterocycles. The summed E-state index contributed by atoms with van der Waals surface area (Å²) in [6.45, 7) is 2.81. The molecule has 4 nitrogen and oxygen atoms in total. The Kier molecular flexibility index (Phi) is 3.76. The summed E-state index contributed by atoms with van der Waals surface area (Å²) in [7, 11) is 1.89. The fourth-order valence-electron chi connectivity index (χ4n) is 1.59. The van der Waals surface area contributed by atoms with Crippen molar-refractivity contribution in [2.45, 2.75) is 19.5 Å². The van der Waals surface area contributed by atoms with Crippen molar-refractivity contribution in [2.24, 2.45) is 7.05 Å². The minimum absolute atomic E-state index is 0.254. The first-order valence-corrected chi connectivity index (χ1v) is 5.86. The van der Waals surface area contributed by atoms with E-state index in [1.807, 2.05) is 31.3 Å². The van der Waals surface area contributed by atoms with Gasteiger partial charge in [-0.1, -0.05) is 23.7 Å². The molecule has 5 heteroatoms. The molecule has 1 aromatic carbocycles. The Balaban J connectivity index is 1.95. The molecule has 1 atom stereocenters. The van der Waals surface area contributed by atoms with Gasteiger partial charge in [-0.25, -0.2) is 4.98 Å². The van der Waals surface area contributed by atoms with Gasteiger partial charge < -0.3 is 5.32 Å². The molecule has 0 saturated heterocycles. The van der Waals surface area contributed by atoms with Crippen LogP contribution in [0.25, 0.3) is 0 Å². The third-order valence-corrected chi connectivity index (χ3v) is 2.99. The van der Waals surface area contributed by atoms with Crippen molar-refractivity contribution >= 4 is 11.6 Å². The Morgan fingerprint density at radius 1 is 1.35 bits per heavy atom. The van der Waals surface area contributed by atoms with Crippen LogP contribution in [0.1, 0.15) is 24.4 Å². The van der Waals surface area contributed by atoms with Gasteiger partial charge in [0, 0.05) is 18.1 Å². The Hall–Kier alpha value is -1.39. The highest BCUT2D eigenvalue weighted by atomic mass is 35.5. The molecular formula is C12H15ClN4. The highest BCUT2D eigenvalue weighted by molar-refractivity contribution is 6.30. The van der Waals surface area contributed by atoms with E-state index >= 15 is 0 Å². The lowest BCUT2D eigenvalue weighted by atomic mass is 10.1. The Bertz CT molecular complexity index is 478. The maximum Gasteiger partial charge on any atom is 0.140 e. The summed E-state index contributed by atoms with van der Waals surface area (Å²) < 4.78 is 1.77. The van der Waals surface area contributed by atoms with Crippen LogP contribution in [0, 0.1) is 0 Å². The summed E-state index contributed by atoms with van der Waals surface area (Å²) in [6, 6.07) is 8.10. The maximum atomic E-state index is 5.85. The molecule has 0 fully saturated rings. The molecule has 0 unspecified atom stereocenters. The van der Waals surface area contributed by atoms with Crippen LogP contribution in [0.3, 0.4) is 0 Å². The molecule has 17 heavy (non-hydrogen) atoms. The van der Waals surface area contributed by atoms with Crippen LogP contribution in [-0.2, 0) is 13.6 Å². The first-order chi connectivity index (χ1) is 8.16. The van der Waals surface area contributed by atoms with E-state index in [0.717, 1.165) is 10.8 Å². The van der Waals surface area contributed by atoms with Crippen LogP contribution in [0.15, 0.2) is 30.6 Å². The van der Waals surface area contributed by atoms with E-state index in [1.54, 1.807) is 11.0 Å². The topological polar surface area (TPSA) is 42.7 Å². The van der Waals surface area contributed by atoms with Gasteiger partial charge >= 0.3 is 0 Å². The summed E-state index contributed by atoms with van der Waals surface area (Å²) in [6.07, 6.45) is 1.56. The number of hydrogen-bond acceptors (Lipinski definition) is 3. The van der Waals surface area contributed by atoms with Crippen LogP contribution in [0.2, 0.25) is 5.02 Å². The molecule has 2 rings (SSSR count). The van der Waals surface area contributed by atoms with Crippen LogP contribution in [-0.4, -0.2) is 14.8 Å². The van der Waals surface area contributed by atoms with Crippen LogP contribution < -0.4 is 5.32 Å².